The molecule has 0 aliphatic heterocycles. The highest BCUT2D eigenvalue weighted by Gasteiger charge is 2.32. The van der Waals surface area contributed by atoms with Gasteiger partial charge in [0, 0.05) is 93.8 Å². The molecule has 666 valence electrons. The molecule has 0 aliphatic carbocycles. The van der Waals surface area contributed by atoms with E-state index >= 15 is 0 Å². The molecule has 0 fully saturated rings. The maximum Gasteiger partial charge on any atom is 0.0798 e. The van der Waals surface area contributed by atoms with Crippen molar-refractivity contribution < 1.29 is 0 Å². The Morgan fingerprint density at radius 3 is 0.726 bits per heavy atom. The summed E-state index contributed by atoms with van der Waals surface area (Å²) in [6, 6.07) is 0. The number of nitrogens with zero attached hydrogens (tertiary/aromatic N) is 9. The molecule has 0 spiro atoms. The van der Waals surface area contributed by atoms with E-state index in [0.29, 0.717) is 0 Å². The van der Waals surface area contributed by atoms with Gasteiger partial charge >= 0.3 is 0 Å². The van der Waals surface area contributed by atoms with Crippen LogP contribution in [0.25, 0.3) is 0 Å². The maximum absolute atomic E-state index is 5.45. The lowest BCUT2D eigenvalue weighted by atomic mass is 9.83. The molecule has 0 bridgehead atoms. The standard InChI is InChI=1S/C17H30N2S2.2C16H28N2S2.2C15H26N2S2.C14H24N2S2/c1-6-10-19(11-7-2)12-8-9-18-14-13(17(3,4)5)15(20)16(14)21;1-7-18(8-2)11-9-10-17(6)13-12(16(3,4)5)14(19)15(13)20;1-6-10-18(7-2)11-8-9-17-13-12(16(3,4)5)14(19)15(13)20;1-7-16(5)9-8-10-17(6)12-11(15(2,3)4)13(18)14(12)19;1-6-9-17(5)10-7-8-16-12-11(15(2,3)4)13(18)14(12)19;1-14(2,3)10-11(13(18)12(10)17)16(6)9-7-8-15(4)5/h18H,6-12H2,1-5H3;7-11H2,1-6H3;17H,6-11H2,1-5H3;7-10H2,1-6H3;16H,6-10H2,1-5H3;7-9H2,1-6H3. The minimum absolute atomic E-state index is 0.0815. The summed E-state index contributed by atoms with van der Waals surface area (Å²) in [4.78, 5) is 21.2. The van der Waals surface area contributed by atoms with Gasteiger partial charge < -0.3 is 60.0 Å². The van der Waals surface area contributed by atoms with E-state index in [-0.39, 0.29) is 32.5 Å². The molecule has 117 heavy (non-hydrogen) atoms. The molecule has 0 heterocycles. The van der Waals surface area contributed by atoms with Crippen molar-refractivity contribution in [2.45, 2.75) is 277 Å². The van der Waals surface area contributed by atoms with Gasteiger partial charge in [0.15, 0.2) is 0 Å². The third kappa shape index (κ3) is 35.4. The first-order valence-corrected chi connectivity index (χ1v) is 48.5. The normalized spacial score (nSPS) is 12.3. The summed E-state index contributed by atoms with van der Waals surface area (Å²) in [7, 11) is 14.9. The van der Waals surface area contributed by atoms with Gasteiger partial charge in [-0.1, -0.05) is 327 Å². The summed E-state index contributed by atoms with van der Waals surface area (Å²) in [5.74, 6) is 0. The average Bonchev–Trinajstić information content (AvgIpc) is 0.715. The first-order chi connectivity index (χ1) is 54.0. The van der Waals surface area contributed by atoms with Crippen molar-refractivity contribution in [2.24, 2.45) is 0 Å². The predicted octanol–water partition coefficient (Wildman–Crippen LogP) is 26.8. The molecule has 0 atom stereocenters. The van der Waals surface area contributed by atoms with Gasteiger partial charge in [0.2, 0.25) is 0 Å². The Labute approximate surface area is 778 Å². The second-order valence-electron chi connectivity index (χ2n) is 38.3. The molecule has 0 amide bonds. The van der Waals surface area contributed by atoms with Crippen LogP contribution in [0.1, 0.15) is 278 Å². The second kappa shape index (κ2) is 52.9. The van der Waals surface area contributed by atoms with Crippen LogP contribution in [-0.4, -0.2) is 210 Å². The molecule has 24 heteroatoms. The lowest BCUT2D eigenvalue weighted by Gasteiger charge is -2.32. The van der Waals surface area contributed by atoms with Gasteiger partial charge in [0.25, 0.3) is 0 Å². The van der Waals surface area contributed by atoms with Crippen LogP contribution in [0.3, 0.4) is 0 Å². The van der Waals surface area contributed by atoms with Gasteiger partial charge in [-0.25, -0.2) is 0 Å². The van der Waals surface area contributed by atoms with E-state index in [4.69, 9.17) is 147 Å². The minimum Gasteiger partial charge on any atom is -0.384 e. The number of hydrogen-bond donors (Lipinski definition) is 3. The van der Waals surface area contributed by atoms with Crippen molar-refractivity contribution in [1.82, 2.24) is 29.4 Å². The minimum atomic E-state index is 0.0815. The van der Waals surface area contributed by atoms with Crippen molar-refractivity contribution >= 4 is 181 Å². The number of hydrogen-bond acceptors (Lipinski definition) is 24. The lowest BCUT2D eigenvalue weighted by Crippen LogP contribution is -2.30. The Morgan fingerprint density at radius 1 is 0.222 bits per heavy atom. The third-order valence-electron chi connectivity index (χ3n) is 21.2. The van der Waals surface area contributed by atoms with E-state index in [9.17, 15) is 0 Å². The zero-order valence-corrected chi connectivity index (χ0v) is 89.4. The Kier molecular flexibility index (Phi) is 51.1. The smallest absolute Gasteiger partial charge is 0.0798 e. The largest absolute Gasteiger partial charge is 0.384 e. The van der Waals surface area contributed by atoms with Crippen LogP contribution >= 0.6 is 147 Å². The predicted molar refractivity (Wildman–Crippen MR) is 555 cm³/mol. The van der Waals surface area contributed by atoms with Crippen molar-refractivity contribution in [3.05, 3.63) is 87.5 Å². The number of rotatable bonds is 42. The van der Waals surface area contributed by atoms with E-state index in [1.165, 1.54) is 102 Å². The number of anilines is 6. The van der Waals surface area contributed by atoms with Crippen LogP contribution < -0.4 is 30.7 Å². The van der Waals surface area contributed by atoms with Crippen LogP contribution in [0.5, 0.6) is 0 Å². The fraction of sp³-hybridized carbons (Fsp3) is 0.742. The topological polar surface area (TPSA) is 65.3 Å². The molecule has 6 rings (SSSR count). The highest BCUT2D eigenvalue weighted by Crippen LogP contribution is 2.43. The molecule has 12 nitrogen and oxygen atoms in total. The van der Waals surface area contributed by atoms with E-state index in [0.717, 1.165) is 214 Å². The van der Waals surface area contributed by atoms with Crippen molar-refractivity contribution in [2.75, 3.05) is 211 Å². The molecule has 0 aliphatic rings. The van der Waals surface area contributed by atoms with E-state index in [1.807, 2.05) is 0 Å². The van der Waals surface area contributed by atoms with Crippen molar-refractivity contribution in [1.29, 1.82) is 0 Å². The molecule has 0 aromatic heterocycles. The van der Waals surface area contributed by atoms with Crippen molar-refractivity contribution in [3.8, 4) is 0 Å². The average molecular weight is 1830 g/mol. The fourth-order valence-corrected chi connectivity index (χ4v) is 19.7. The number of nitrogens with one attached hydrogen (secondary N) is 3. The highest BCUT2D eigenvalue weighted by molar-refractivity contribution is 7.75. The van der Waals surface area contributed by atoms with Crippen LogP contribution in [0.2, 0.25) is 0 Å². The summed E-state index contributed by atoms with van der Waals surface area (Å²) in [6.07, 6.45) is 11.8. The van der Waals surface area contributed by atoms with Crippen LogP contribution in [0.15, 0.2) is 0 Å². The van der Waals surface area contributed by atoms with Crippen LogP contribution in [0, 0.1) is 54.1 Å². The van der Waals surface area contributed by atoms with Gasteiger partial charge in [0.1, 0.15) is 0 Å². The summed E-state index contributed by atoms with van der Waals surface area (Å²) in [5.41, 5.74) is 15.0. The van der Waals surface area contributed by atoms with E-state index < -0.39 is 0 Å². The Balaban J connectivity index is 0.000000702. The molecule has 0 radical (unpaired) electrons. The summed E-state index contributed by atoms with van der Waals surface area (Å²) in [6.45, 7) is 79.4. The molecule has 0 saturated carbocycles. The Hall–Kier alpha value is -1.92. The molecule has 6 aromatic rings. The van der Waals surface area contributed by atoms with Gasteiger partial charge in [-0.3, -0.25) is 0 Å². The van der Waals surface area contributed by atoms with E-state index in [1.54, 1.807) is 0 Å². The van der Waals surface area contributed by atoms with Gasteiger partial charge in [-0.15, -0.1) is 0 Å². The monoisotopic (exact) mass is 1830 g/mol. The zero-order valence-electron chi connectivity index (χ0n) is 79.6. The SMILES string of the molecule is CCCN(C)CCCNc1c(C(C)(C)C)c(=S)c1=S.CCCN(CC)CCCNc1c(C(C)(C)C)c(=S)c1=S.CCCN(CCC)CCCNc1c(C(C)(C)C)c(=S)c1=S.CCN(C)CCCN(C)c1c(C(C)(C)C)c(=S)c1=S.CCN(CC)CCCN(C)c1c(C(C)(C)C)c(=S)c1=S.CN(C)CCCN(C)c1c(C(C)(C)C)c(=S)c1=S. The molecular formula is C93H162N12S12. The Bertz CT molecular complexity index is 4390. The zero-order chi connectivity index (χ0) is 90.4. The highest BCUT2D eigenvalue weighted by atomic mass is 32.1. The maximum atomic E-state index is 5.45. The fourth-order valence-electron chi connectivity index (χ4n) is 14.7. The summed E-state index contributed by atoms with van der Waals surface area (Å²) in [5, 5.41) is 10.5. The quantitative estimate of drug-likeness (QED) is 0.0251. The van der Waals surface area contributed by atoms with E-state index in [2.05, 4.69) is 289 Å². The molecular weight excluding hydrogens is 1670 g/mol. The van der Waals surface area contributed by atoms with Gasteiger partial charge in [-0.05, 0) is 217 Å². The molecule has 6 aromatic carbocycles. The first kappa shape index (κ1) is 113. The first-order valence-electron chi connectivity index (χ1n) is 43.6. The van der Waals surface area contributed by atoms with Gasteiger partial charge in [0.05, 0.1) is 88.2 Å². The van der Waals surface area contributed by atoms with Crippen LogP contribution in [0.4, 0.5) is 34.1 Å². The molecule has 3 N–H and O–H groups in total. The molecule has 0 unspecified atom stereocenters. The van der Waals surface area contributed by atoms with Gasteiger partial charge in [-0.2, -0.15) is 0 Å². The lowest BCUT2D eigenvalue weighted by molar-refractivity contribution is 0.274. The Morgan fingerprint density at radius 2 is 0.462 bits per heavy atom. The third-order valence-corrected chi connectivity index (χ3v) is 26.8. The second-order valence-corrected chi connectivity index (χ2v) is 43.2. The van der Waals surface area contributed by atoms with Crippen LogP contribution in [-0.2, 0) is 32.5 Å². The summed E-state index contributed by atoms with van der Waals surface area (Å²) < 4.78 is 10.5. The molecule has 0 saturated heterocycles. The van der Waals surface area contributed by atoms with Crippen molar-refractivity contribution in [3.63, 3.8) is 0 Å². The summed E-state index contributed by atoms with van der Waals surface area (Å²) >= 11 is 64.7.